The van der Waals surface area contributed by atoms with E-state index in [-0.39, 0.29) is 6.10 Å². The Morgan fingerprint density at radius 3 is 2.95 bits per heavy atom. The number of rotatable bonds is 4. The zero-order valence-corrected chi connectivity index (χ0v) is 12.9. The van der Waals surface area contributed by atoms with E-state index in [2.05, 4.69) is 27.8 Å². The molecule has 1 aliphatic heterocycles. The van der Waals surface area contributed by atoms with Crippen molar-refractivity contribution in [1.82, 2.24) is 4.90 Å². The summed E-state index contributed by atoms with van der Waals surface area (Å²) in [6.45, 7) is 4.81. The molecule has 2 N–H and O–H groups in total. The maximum atomic E-state index is 10.2. The first-order chi connectivity index (χ1) is 9.06. The highest BCUT2D eigenvalue weighted by Gasteiger charge is 2.24. The van der Waals surface area contributed by atoms with E-state index in [1.807, 2.05) is 24.3 Å². The molecule has 0 aliphatic carbocycles. The number of piperidine rings is 1. The molecule has 0 bridgehead atoms. The van der Waals surface area contributed by atoms with Crippen molar-refractivity contribution in [1.29, 1.82) is 0 Å². The van der Waals surface area contributed by atoms with Gasteiger partial charge in [-0.2, -0.15) is 0 Å². The minimum atomic E-state index is -0.417. The summed E-state index contributed by atoms with van der Waals surface area (Å²) in [5.74, 6) is 0.330. The summed E-state index contributed by atoms with van der Waals surface area (Å²) in [7, 11) is 0. The fraction of sp³-hybridized carbons (Fsp3) is 0.600. The Balaban J connectivity index is 1.82. The summed E-state index contributed by atoms with van der Waals surface area (Å²) in [6.07, 6.45) is 0.999. The Hall–Kier alpha value is -0.420. The van der Waals surface area contributed by atoms with Crippen molar-refractivity contribution in [3.63, 3.8) is 0 Å². The van der Waals surface area contributed by atoms with E-state index in [1.165, 1.54) is 0 Å². The van der Waals surface area contributed by atoms with Crippen molar-refractivity contribution in [2.24, 2.45) is 5.92 Å². The highest BCUT2D eigenvalue weighted by Crippen LogP contribution is 2.22. The maximum Gasteiger partial charge on any atom is 0.0802 e. The van der Waals surface area contributed by atoms with Crippen LogP contribution in [0.3, 0.4) is 0 Å². The molecule has 1 heterocycles. The quantitative estimate of drug-likeness (QED) is 0.893. The molecule has 1 saturated heterocycles. The van der Waals surface area contributed by atoms with Crippen LogP contribution in [0.1, 0.15) is 31.4 Å². The first-order valence-corrected chi connectivity index (χ1v) is 7.69. The fourth-order valence-corrected chi connectivity index (χ4v) is 3.03. The molecular weight excluding hydrogens is 306 g/mol. The molecule has 1 aliphatic rings. The van der Waals surface area contributed by atoms with Gasteiger partial charge in [0.05, 0.1) is 12.2 Å². The van der Waals surface area contributed by atoms with Crippen LogP contribution in [-0.4, -0.2) is 40.9 Å². The van der Waals surface area contributed by atoms with Crippen LogP contribution in [0.15, 0.2) is 28.7 Å². The number of nitrogens with zero attached hydrogens (tertiary/aromatic N) is 1. The first kappa shape index (κ1) is 15.0. The molecule has 0 spiro atoms. The lowest BCUT2D eigenvalue weighted by molar-refractivity contribution is 0.0288. The minimum Gasteiger partial charge on any atom is -0.393 e. The molecule has 2 rings (SSSR count). The van der Waals surface area contributed by atoms with Crippen LogP contribution in [0.4, 0.5) is 0 Å². The molecule has 0 radical (unpaired) electrons. The molecule has 4 heteroatoms. The maximum absolute atomic E-state index is 10.2. The number of aliphatic hydroxyl groups excluding tert-OH is 2. The Labute approximate surface area is 123 Å². The third-order valence-corrected chi connectivity index (χ3v) is 4.39. The predicted octanol–water partition coefficient (Wildman–Crippen LogP) is 2.58. The summed E-state index contributed by atoms with van der Waals surface area (Å²) in [4.78, 5) is 2.33. The molecule has 3 nitrogen and oxygen atoms in total. The number of halogens is 1. The van der Waals surface area contributed by atoms with E-state index in [0.717, 1.165) is 42.5 Å². The molecule has 1 aromatic carbocycles. The van der Waals surface area contributed by atoms with Gasteiger partial charge in [-0.3, -0.25) is 0 Å². The molecule has 3 atom stereocenters. The highest BCUT2D eigenvalue weighted by molar-refractivity contribution is 9.10. The summed E-state index contributed by atoms with van der Waals surface area (Å²) in [5, 5.41) is 19.9. The number of hydrogen-bond acceptors (Lipinski definition) is 3. The zero-order valence-electron chi connectivity index (χ0n) is 11.3. The van der Waals surface area contributed by atoms with Gasteiger partial charge in [-0.1, -0.05) is 35.0 Å². The van der Waals surface area contributed by atoms with E-state index < -0.39 is 6.10 Å². The lowest BCUT2D eigenvalue weighted by atomic mass is 9.96. The van der Waals surface area contributed by atoms with Gasteiger partial charge in [0.25, 0.3) is 0 Å². The summed E-state index contributed by atoms with van der Waals surface area (Å²) < 4.78 is 0.999. The van der Waals surface area contributed by atoms with Crippen molar-refractivity contribution in [2.75, 3.05) is 19.6 Å². The topological polar surface area (TPSA) is 43.7 Å². The van der Waals surface area contributed by atoms with Gasteiger partial charge in [0, 0.05) is 24.1 Å². The molecular formula is C15H22BrNO2. The van der Waals surface area contributed by atoms with Crippen molar-refractivity contribution in [2.45, 2.75) is 32.0 Å². The van der Waals surface area contributed by atoms with Crippen molar-refractivity contribution in [3.8, 4) is 0 Å². The van der Waals surface area contributed by atoms with Crippen molar-refractivity contribution in [3.05, 3.63) is 34.3 Å². The van der Waals surface area contributed by atoms with Crippen LogP contribution in [0, 0.1) is 5.92 Å². The first-order valence-electron chi connectivity index (χ1n) is 6.90. The Kier molecular flexibility index (Phi) is 5.39. The van der Waals surface area contributed by atoms with E-state index in [0.29, 0.717) is 5.92 Å². The standard InChI is InChI=1S/C15H22BrNO2/c1-11-10-17(7-5-14(11)18)8-6-15(19)12-3-2-4-13(16)9-12/h2-4,9,11,14-15,18-19H,5-8,10H2,1H3. The lowest BCUT2D eigenvalue weighted by Crippen LogP contribution is -2.42. The van der Waals surface area contributed by atoms with Gasteiger partial charge >= 0.3 is 0 Å². The molecule has 0 aromatic heterocycles. The third-order valence-electron chi connectivity index (χ3n) is 3.90. The summed E-state index contributed by atoms with van der Waals surface area (Å²) in [6, 6.07) is 7.83. The average molecular weight is 328 g/mol. The molecule has 3 unspecified atom stereocenters. The van der Waals surface area contributed by atoms with Gasteiger partial charge in [-0.15, -0.1) is 0 Å². The van der Waals surface area contributed by atoms with Gasteiger partial charge in [0.1, 0.15) is 0 Å². The van der Waals surface area contributed by atoms with Crippen LogP contribution < -0.4 is 0 Å². The molecule has 19 heavy (non-hydrogen) atoms. The number of hydrogen-bond donors (Lipinski definition) is 2. The van der Waals surface area contributed by atoms with Crippen LogP contribution in [0.2, 0.25) is 0 Å². The fourth-order valence-electron chi connectivity index (χ4n) is 2.61. The van der Waals surface area contributed by atoms with Crippen molar-refractivity contribution >= 4 is 15.9 Å². The Morgan fingerprint density at radius 1 is 1.47 bits per heavy atom. The molecule has 0 amide bonds. The van der Waals surface area contributed by atoms with Crippen LogP contribution in [0.5, 0.6) is 0 Å². The second-order valence-corrected chi connectivity index (χ2v) is 6.41. The van der Waals surface area contributed by atoms with Gasteiger partial charge in [0.2, 0.25) is 0 Å². The SMILES string of the molecule is CC1CN(CCC(O)c2cccc(Br)c2)CCC1O. The smallest absolute Gasteiger partial charge is 0.0802 e. The minimum absolute atomic E-state index is 0.161. The third kappa shape index (κ3) is 4.28. The number of benzene rings is 1. The van der Waals surface area contributed by atoms with Gasteiger partial charge in [-0.05, 0) is 36.5 Å². The van der Waals surface area contributed by atoms with E-state index in [1.54, 1.807) is 0 Å². The highest BCUT2D eigenvalue weighted by atomic mass is 79.9. The van der Waals surface area contributed by atoms with Crippen LogP contribution in [0.25, 0.3) is 0 Å². The van der Waals surface area contributed by atoms with Crippen LogP contribution in [-0.2, 0) is 0 Å². The summed E-state index contributed by atoms with van der Waals surface area (Å²) >= 11 is 3.42. The lowest BCUT2D eigenvalue weighted by Gasteiger charge is -2.34. The Morgan fingerprint density at radius 2 is 2.26 bits per heavy atom. The zero-order chi connectivity index (χ0) is 13.8. The second-order valence-electron chi connectivity index (χ2n) is 5.49. The predicted molar refractivity (Wildman–Crippen MR) is 79.9 cm³/mol. The summed E-state index contributed by atoms with van der Waals surface area (Å²) in [5.41, 5.74) is 0.958. The number of likely N-dealkylation sites (tertiary alicyclic amines) is 1. The molecule has 0 saturated carbocycles. The van der Waals surface area contributed by atoms with E-state index in [9.17, 15) is 10.2 Å². The Bertz CT molecular complexity index is 413. The normalized spacial score (nSPS) is 26.3. The van der Waals surface area contributed by atoms with Gasteiger partial charge in [0.15, 0.2) is 0 Å². The molecule has 1 aromatic rings. The van der Waals surface area contributed by atoms with Gasteiger partial charge in [-0.25, -0.2) is 0 Å². The van der Waals surface area contributed by atoms with Crippen molar-refractivity contribution < 1.29 is 10.2 Å². The van der Waals surface area contributed by atoms with E-state index >= 15 is 0 Å². The number of aliphatic hydroxyl groups is 2. The second kappa shape index (κ2) is 6.84. The average Bonchev–Trinajstić information content (AvgIpc) is 2.40. The monoisotopic (exact) mass is 327 g/mol. The molecule has 106 valence electrons. The largest absolute Gasteiger partial charge is 0.393 e. The molecule has 1 fully saturated rings. The van der Waals surface area contributed by atoms with Gasteiger partial charge < -0.3 is 15.1 Å². The van der Waals surface area contributed by atoms with E-state index in [4.69, 9.17) is 0 Å². The van der Waals surface area contributed by atoms with Crippen LogP contribution >= 0.6 is 15.9 Å².